The Labute approximate surface area is 113 Å². The van der Waals surface area contributed by atoms with Gasteiger partial charge in [0.1, 0.15) is 6.04 Å². The molecule has 110 valence electrons. The predicted octanol–water partition coefficient (Wildman–Crippen LogP) is -0.700. The van der Waals surface area contributed by atoms with Crippen molar-refractivity contribution < 1.29 is 14.7 Å². The van der Waals surface area contributed by atoms with Gasteiger partial charge in [-0.3, -0.25) is 4.90 Å². The molecule has 1 fully saturated rings. The van der Waals surface area contributed by atoms with Gasteiger partial charge < -0.3 is 21.1 Å². The van der Waals surface area contributed by atoms with Gasteiger partial charge in [0, 0.05) is 39.3 Å². The maximum Gasteiger partial charge on any atom is 0.326 e. The lowest BCUT2D eigenvalue weighted by molar-refractivity contribution is -0.140. The van der Waals surface area contributed by atoms with Crippen LogP contribution in [0.5, 0.6) is 0 Å². The van der Waals surface area contributed by atoms with Crippen LogP contribution in [0.25, 0.3) is 0 Å². The third-order valence-corrected chi connectivity index (χ3v) is 3.14. The highest BCUT2D eigenvalue weighted by atomic mass is 16.4. The van der Waals surface area contributed by atoms with E-state index in [0.717, 1.165) is 32.7 Å². The molecule has 0 aromatic heterocycles. The maximum absolute atomic E-state index is 11.6. The molecule has 0 aromatic rings. The van der Waals surface area contributed by atoms with E-state index in [1.54, 1.807) is 13.8 Å². The van der Waals surface area contributed by atoms with Crippen LogP contribution < -0.4 is 16.0 Å². The first kappa shape index (κ1) is 15.7. The molecule has 0 bridgehead atoms. The van der Waals surface area contributed by atoms with Crippen LogP contribution in [0.1, 0.15) is 13.8 Å². The summed E-state index contributed by atoms with van der Waals surface area (Å²) >= 11 is 0. The lowest BCUT2D eigenvalue weighted by Crippen LogP contribution is -2.51. The van der Waals surface area contributed by atoms with Crippen molar-refractivity contribution in [3.8, 4) is 0 Å². The van der Waals surface area contributed by atoms with Crippen molar-refractivity contribution in [3.05, 3.63) is 0 Å². The number of urea groups is 1. The fourth-order valence-electron chi connectivity index (χ4n) is 1.97. The third kappa shape index (κ3) is 5.89. The van der Waals surface area contributed by atoms with Crippen LogP contribution >= 0.6 is 0 Å². The molecule has 1 atom stereocenters. The van der Waals surface area contributed by atoms with Gasteiger partial charge in [0.25, 0.3) is 0 Å². The smallest absolute Gasteiger partial charge is 0.326 e. The molecule has 2 amide bonds. The number of carboxylic acid groups (broad SMARTS) is 1. The maximum atomic E-state index is 11.6. The average molecular weight is 272 g/mol. The van der Waals surface area contributed by atoms with Gasteiger partial charge >= 0.3 is 12.0 Å². The number of nitrogens with zero attached hydrogens (tertiary/aromatic N) is 1. The minimum absolute atomic E-state index is 0.142. The molecule has 0 aromatic carbocycles. The fraction of sp³-hybridized carbons (Fsp3) is 0.833. The molecular formula is C12H24N4O3. The molecule has 0 saturated carbocycles. The van der Waals surface area contributed by atoms with Crippen molar-refractivity contribution in [2.75, 3.05) is 39.3 Å². The summed E-state index contributed by atoms with van der Waals surface area (Å²) in [4.78, 5) is 24.8. The van der Waals surface area contributed by atoms with Crippen molar-refractivity contribution >= 4 is 12.0 Å². The fourth-order valence-corrected chi connectivity index (χ4v) is 1.97. The average Bonchev–Trinajstić information content (AvgIpc) is 2.36. The third-order valence-electron chi connectivity index (χ3n) is 3.14. The molecule has 0 unspecified atom stereocenters. The van der Waals surface area contributed by atoms with Gasteiger partial charge in [-0.2, -0.15) is 0 Å². The van der Waals surface area contributed by atoms with Crippen LogP contribution in [-0.2, 0) is 4.79 Å². The number of aliphatic carboxylic acids is 1. The number of carbonyl (C=O) groups is 2. The Morgan fingerprint density at radius 3 is 2.47 bits per heavy atom. The molecule has 0 radical (unpaired) electrons. The Bertz CT molecular complexity index is 303. The second kappa shape index (κ2) is 7.96. The van der Waals surface area contributed by atoms with Crippen LogP contribution in [-0.4, -0.2) is 67.3 Å². The lowest BCUT2D eigenvalue weighted by atomic mass is 10.1. The van der Waals surface area contributed by atoms with Gasteiger partial charge in [0.2, 0.25) is 0 Å². The second-order valence-electron chi connectivity index (χ2n) is 5.05. The van der Waals surface area contributed by atoms with Crippen LogP contribution in [0.15, 0.2) is 0 Å². The van der Waals surface area contributed by atoms with E-state index in [1.165, 1.54) is 0 Å². The first-order valence-electron chi connectivity index (χ1n) is 6.71. The van der Waals surface area contributed by atoms with Crippen LogP contribution in [0.3, 0.4) is 0 Å². The molecule has 1 aliphatic heterocycles. The van der Waals surface area contributed by atoms with Crippen molar-refractivity contribution in [1.29, 1.82) is 0 Å². The minimum atomic E-state index is -1.01. The van der Waals surface area contributed by atoms with Gasteiger partial charge in [-0.25, -0.2) is 9.59 Å². The van der Waals surface area contributed by atoms with Gasteiger partial charge in [-0.05, 0) is 5.92 Å². The van der Waals surface area contributed by atoms with Crippen molar-refractivity contribution in [2.45, 2.75) is 19.9 Å². The topological polar surface area (TPSA) is 93.7 Å². The van der Waals surface area contributed by atoms with E-state index in [9.17, 15) is 9.59 Å². The lowest BCUT2D eigenvalue weighted by Gasteiger charge is -2.27. The monoisotopic (exact) mass is 272 g/mol. The molecule has 4 N–H and O–H groups in total. The first-order chi connectivity index (χ1) is 9.00. The highest BCUT2D eigenvalue weighted by molar-refractivity contribution is 5.82. The van der Waals surface area contributed by atoms with Gasteiger partial charge in [-0.1, -0.05) is 13.8 Å². The Morgan fingerprint density at radius 1 is 1.32 bits per heavy atom. The molecule has 1 rings (SSSR count). The molecule has 1 saturated heterocycles. The van der Waals surface area contributed by atoms with Crippen molar-refractivity contribution in [1.82, 2.24) is 20.9 Å². The van der Waals surface area contributed by atoms with E-state index < -0.39 is 18.0 Å². The van der Waals surface area contributed by atoms with E-state index >= 15 is 0 Å². The minimum Gasteiger partial charge on any atom is -0.480 e. The molecular weight excluding hydrogens is 248 g/mol. The number of carboxylic acids is 1. The summed E-state index contributed by atoms with van der Waals surface area (Å²) in [6.45, 7) is 8.74. The summed E-state index contributed by atoms with van der Waals surface area (Å²) < 4.78 is 0. The summed E-state index contributed by atoms with van der Waals surface area (Å²) in [5.74, 6) is -1.15. The second-order valence-corrected chi connectivity index (χ2v) is 5.05. The highest BCUT2D eigenvalue weighted by Gasteiger charge is 2.23. The predicted molar refractivity (Wildman–Crippen MR) is 72.1 cm³/mol. The Hall–Kier alpha value is -1.34. The first-order valence-corrected chi connectivity index (χ1v) is 6.71. The molecule has 1 heterocycles. The zero-order valence-electron chi connectivity index (χ0n) is 11.6. The van der Waals surface area contributed by atoms with Crippen LogP contribution in [0.4, 0.5) is 4.79 Å². The van der Waals surface area contributed by atoms with Crippen molar-refractivity contribution in [3.63, 3.8) is 0 Å². The quantitative estimate of drug-likeness (QED) is 0.513. The van der Waals surface area contributed by atoms with Crippen LogP contribution in [0.2, 0.25) is 0 Å². The number of nitrogens with one attached hydrogen (secondary N) is 3. The molecule has 1 aliphatic rings. The number of amides is 2. The van der Waals surface area contributed by atoms with E-state index in [2.05, 4.69) is 20.9 Å². The Kier molecular flexibility index (Phi) is 6.58. The molecule has 0 spiro atoms. The number of carbonyl (C=O) groups excluding carboxylic acids is 1. The summed E-state index contributed by atoms with van der Waals surface area (Å²) in [7, 11) is 0. The van der Waals surface area contributed by atoms with E-state index in [4.69, 9.17) is 5.11 Å². The molecule has 0 aliphatic carbocycles. The molecule has 19 heavy (non-hydrogen) atoms. The largest absolute Gasteiger partial charge is 0.480 e. The number of piperazine rings is 1. The SMILES string of the molecule is CC(C)[C@H](NC(=O)NCCN1CCNCC1)C(=O)O. The van der Waals surface area contributed by atoms with Gasteiger partial charge in [0.15, 0.2) is 0 Å². The Balaban J connectivity index is 2.21. The number of rotatable bonds is 6. The van der Waals surface area contributed by atoms with Crippen molar-refractivity contribution in [2.24, 2.45) is 5.92 Å². The normalized spacial score (nSPS) is 18.1. The number of hydrogen-bond acceptors (Lipinski definition) is 4. The summed E-state index contributed by atoms with van der Waals surface area (Å²) in [5.41, 5.74) is 0. The summed E-state index contributed by atoms with van der Waals surface area (Å²) in [6, 6.07) is -1.27. The molecule has 7 heteroatoms. The summed E-state index contributed by atoms with van der Waals surface area (Å²) in [6.07, 6.45) is 0. The Morgan fingerprint density at radius 2 is 1.95 bits per heavy atom. The molecule has 7 nitrogen and oxygen atoms in total. The van der Waals surface area contributed by atoms with E-state index in [-0.39, 0.29) is 5.92 Å². The zero-order chi connectivity index (χ0) is 14.3. The van der Waals surface area contributed by atoms with E-state index in [1.807, 2.05) is 0 Å². The van der Waals surface area contributed by atoms with E-state index in [0.29, 0.717) is 6.54 Å². The van der Waals surface area contributed by atoms with Gasteiger partial charge in [-0.15, -0.1) is 0 Å². The standard InChI is InChI=1S/C12H24N4O3/c1-9(2)10(11(17)18)15-12(19)14-5-8-16-6-3-13-4-7-16/h9-10,13H,3-8H2,1-2H3,(H,17,18)(H2,14,15,19)/t10-/m0/s1. The number of hydrogen-bond donors (Lipinski definition) is 4. The summed E-state index contributed by atoms with van der Waals surface area (Å²) in [5, 5.41) is 17.4. The zero-order valence-corrected chi connectivity index (χ0v) is 11.6. The van der Waals surface area contributed by atoms with Crippen LogP contribution in [0, 0.1) is 5.92 Å². The van der Waals surface area contributed by atoms with Gasteiger partial charge in [0.05, 0.1) is 0 Å². The highest BCUT2D eigenvalue weighted by Crippen LogP contribution is 2.01.